The molecular formula is C23H28N2O3. The Labute approximate surface area is 165 Å². The van der Waals surface area contributed by atoms with E-state index in [9.17, 15) is 9.59 Å². The van der Waals surface area contributed by atoms with Crippen LogP contribution >= 0.6 is 0 Å². The Morgan fingerprint density at radius 2 is 1.93 bits per heavy atom. The van der Waals surface area contributed by atoms with Crippen LogP contribution in [0.5, 0.6) is 5.75 Å². The summed E-state index contributed by atoms with van der Waals surface area (Å²) in [5.74, 6) is 1.70. The number of piperidine rings is 1. The molecule has 148 valence electrons. The highest BCUT2D eigenvalue weighted by Crippen LogP contribution is 2.37. The van der Waals surface area contributed by atoms with Gasteiger partial charge in [-0.3, -0.25) is 9.59 Å². The normalized spacial score (nSPS) is 29.6. The van der Waals surface area contributed by atoms with Crippen molar-refractivity contribution >= 4 is 22.6 Å². The Hall–Kier alpha value is -2.56. The molecule has 2 amide bonds. The van der Waals surface area contributed by atoms with Crippen LogP contribution in [0, 0.1) is 17.8 Å². The molecule has 2 fully saturated rings. The number of ether oxygens (including phenoxy) is 1. The molecule has 5 unspecified atom stereocenters. The fraction of sp³-hybridized carbons (Fsp3) is 0.478. The number of nitrogens with one attached hydrogen (secondary N) is 2. The summed E-state index contributed by atoms with van der Waals surface area (Å²) in [4.78, 5) is 24.5. The quantitative estimate of drug-likeness (QED) is 0.855. The van der Waals surface area contributed by atoms with Crippen molar-refractivity contribution in [3.63, 3.8) is 0 Å². The molecule has 1 saturated heterocycles. The predicted octanol–water partition coefficient (Wildman–Crippen LogP) is 3.27. The maximum absolute atomic E-state index is 12.4. The van der Waals surface area contributed by atoms with Crippen LogP contribution in [0.2, 0.25) is 0 Å². The summed E-state index contributed by atoms with van der Waals surface area (Å²) >= 11 is 0. The Balaban J connectivity index is 1.30. The second-order valence-electron chi connectivity index (χ2n) is 8.30. The van der Waals surface area contributed by atoms with Crippen LogP contribution in [0.25, 0.3) is 10.8 Å². The van der Waals surface area contributed by atoms with E-state index in [0.717, 1.165) is 30.0 Å². The number of hydrogen-bond donors (Lipinski definition) is 2. The zero-order valence-electron chi connectivity index (χ0n) is 16.5. The molecule has 28 heavy (non-hydrogen) atoms. The largest absolute Gasteiger partial charge is 0.484 e. The SMILES string of the molecule is CC1C(=O)NC2CC(NC(=O)COc3ccc4ccccc4c3)CCC2C1C. The third kappa shape index (κ3) is 3.84. The average molecular weight is 380 g/mol. The van der Waals surface area contributed by atoms with E-state index in [1.807, 2.05) is 49.4 Å². The minimum atomic E-state index is -0.111. The second-order valence-corrected chi connectivity index (χ2v) is 8.30. The lowest BCUT2D eigenvalue weighted by molar-refractivity contribution is -0.132. The van der Waals surface area contributed by atoms with E-state index in [1.165, 1.54) is 0 Å². The minimum Gasteiger partial charge on any atom is -0.484 e. The lowest BCUT2D eigenvalue weighted by Crippen LogP contribution is -2.57. The van der Waals surface area contributed by atoms with Crippen molar-refractivity contribution in [2.24, 2.45) is 17.8 Å². The molecule has 4 rings (SSSR count). The number of benzene rings is 2. The van der Waals surface area contributed by atoms with Crippen LogP contribution in [-0.4, -0.2) is 30.5 Å². The van der Waals surface area contributed by atoms with Crippen molar-refractivity contribution in [2.75, 3.05) is 6.61 Å². The van der Waals surface area contributed by atoms with E-state index in [2.05, 4.69) is 17.6 Å². The molecule has 2 aromatic rings. The first-order valence-corrected chi connectivity index (χ1v) is 10.2. The van der Waals surface area contributed by atoms with Crippen LogP contribution < -0.4 is 15.4 Å². The monoisotopic (exact) mass is 380 g/mol. The first kappa shape index (κ1) is 18.8. The summed E-state index contributed by atoms with van der Waals surface area (Å²) in [5.41, 5.74) is 0. The van der Waals surface area contributed by atoms with Crippen molar-refractivity contribution in [3.05, 3.63) is 42.5 Å². The molecule has 0 aromatic heterocycles. The first-order valence-electron chi connectivity index (χ1n) is 10.2. The maximum atomic E-state index is 12.4. The number of rotatable bonds is 4. The second kappa shape index (κ2) is 7.82. The molecule has 1 aliphatic carbocycles. The zero-order chi connectivity index (χ0) is 19.7. The summed E-state index contributed by atoms with van der Waals surface area (Å²) < 4.78 is 5.69. The van der Waals surface area contributed by atoms with Crippen LogP contribution in [0.1, 0.15) is 33.1 Å². The Morgan fingerprint density at radius 1 is 1.14 bits per heavy atom. The predicted molar refractivity (Wildman–Crippen MR) is 109 cm³/mol. The number of hydrogen-bond acceptors (Lipinski definition) is 3. The third-order valence-electron chi connectivity index (χ3n) is 6.56. The topological polar surface area (TPSA) is 67.4 Å². The molecule has 5 heteroatoms. The van der Waals surface area contributed by atoms with Crippen molar-refractivity contribution < 1.29 is 14.3 Å². The molecule has 1 saturated carbocycles. The fourth-order valence-corrected chi connectivity index (χ4v) is 4.72. The van der Waals surface area contributed by atoms with Crippen LogP contribution in [-0.2, 0) is 9.59 Å². The summed E-state index contributed by atoms with van der Waals surface area (Å²) in [6.45, 7) is 4.19. The van der Waals surface area contributed by atoms with Crippen molar-refractivity contribution in [1.29, 1.82) is 0 Å². The van der Waals surface area contributed by atoms with E-state index in [1.54, 1.807) is 0 Å². The van der Waals surface area contributed by atoms with Gasteiger partial charge < -0.3 is 15.4 Å². The van der Waals surface area contributed by atoms with Gasteiger partial charge in [0.2, 0.25) is 5.91 Å². The van der Waals surface area contributed by atoms with Gasteiger partial charge >= 0.3 is 0 Å². The summed E-state index contributed by atoms with van der Waals surface area (Å²) in [6, 6.07) is 14.2. The van der Waals surface area contributed by atoms with E-state index in [4.69, 9.17) is 4.74 Å². The molecule has 5 nitrogen and oxygen atoms in total. The third-order valence-corrected chi connectivity index (χ3v) is 6.56. The molecular weight excluding hydrogens is 352 g/mol. The van der Waals surface area contributed by atoms with Gasteiger partial charge in [-0.1, -0.05) is 44.2 Å². The van der Waals surface area contributed by atoms with Gasteiger partial charge in [-0.15, -0.1) is 0 Å². The average Bonchev–Trinajstić information content (AvgIpc) is 2.70. The molecule has 2 N–H and O–H groups in total. The molecule has 5 atom stereocenters. The Morgan fingerprint density at radius 3 is 2.75 bits per heavy atom. The Bertz CT molecular complexity index is 881. The molecule has 0 bridgehead atoms. The van der Waals surface area contributed by atoms with E-state index in [0.29, 0.717) is 17.6 Å². The van der Waals surface area contributed by atoms with Gasteiger partial charge in [0.05, 0.1) is 0 Å². The first-order chi connectivity index (χ1) is 13.5. The molecule has 0 spiro atoms. The Kier molecular flexibility index (Phi) is 5.25. The van der Waals surface area contributed by atoms with Gasteiger partial charge in [-0.05, 0) is 54.0 Å². The maximum Gasteiger partial charge on any atom is 0.258 e. The van der Waals surface area contributed by atoms with Gasteiger partial charge in [0, 0.05) is 18.0 Å². The van der Waals surface area contributed by atoms with Crippen LogP contribution in [0.4, 0.5) is 0 Å². The van der Waals surface area contributed by atoms with E-state index >= 15 is 0 Å². The molecule has 2 aliphatic rings. The highest BCUT2D eigenvalue weighted by molar-refractivity contribution is 5.84. The number of carbonyl (C=O) groups excluding carboxylic acids is 2. The van der Waals surface area contributed by atoms with Gasteiger partial charge in [0.15, 0.2) is 6.61 Å². The van der Waals surface area contributed by atoms with E-state index < -0.39 is 0 Å². The molecule has 1 heterocycles. The van der Waals surface area contributed by atoms with Crippen molar-refractivity contribution in [1.82, 2.24) is 10.6 Å². The van der Waals surface area contributed by atoms with Gasteiger partial charge in [-0.25, -0.2) is 0 Å². The zero-order valence-corrected chi connectivity index (χ0v) is 16.5. The standard InChI is InChI=1S/C23H28N2O3/c1-14-15(2)23(27)25-21-12-18(8-10-20(14)21)24-22(26)13-28-19-9-7-16-5-3-4-6-17(16)11-19/h3-7,9,11,14-15,18,20-21H,8,10,12-13H2,1-2H3,(H,24,26)(H,25,27). The fourth-order valence-electron chi connectivity index (χ4n) is 4.72. The number of fused-ring (bicyclic) bond motifs is 2. The summed E-state index contributed by atoms with van der Waals surface area (Å²) in [5, 5.41) is 8.48. The van der Waals surface area contributed by atoms with E-state index in [-0.39, 0.29) is 36.4 Å². The lowest BCUT2D eigenvalue weighted by atomic mass is 9.68. The van der Waals surface area contributed by atoms with Crippen LogP contribution in [0.3, 0.4) is 0 Å². The number of amides is 2. The minimum absolute atomic E-state index is 0.00271. The lowest BCUT2D eigenvalue weighted by Gasteiger charge is -2.45. The summed E-state index contributed by atoms with van der Waals surface area (Å²) in [7, 11) is 0. The molecule has 1 aliphatic heterocycles. The highest BCUT2D eigenvalue weighted by atomic mass is 16.5. The summed E-state index contributed by atoms with van der Waals surface area (Å²) in [6.07, 6.45) is 2.79. The molecule has 2 aromatic carbocycles. The molecule has 0 radical (unpaired) electrons. The van der Waals surface area contributed by atoms with Crippen molar-refractivity contribution in [2.45, 2.75) is 45.2 Å². The highest BCUT2D eigenvalue weighted by Gasteiger charge is 2.42. The van der Waals surface area contributed by atoms with Crippen LogP contribution in [0.15, 0.2) is 42.5 Å². The number of carbonyl (C=O) groups is 2. The van der Waals surface area contributed by atoms with Crippen molar-refractivity contribution in [3.8, 4) is 5.75 Å². The van der Waals surface area contributed by atoms with Gasteiger partial charge in [0.25, 0.3) is 5.91 Å². The van der Waals surface area contributed by atoms with Gasteiger partial charge in [-0.2, -0.15) is 0 Å². The van der Waals surface area contributed by atoms with Gasteiger partial charge in [0.1, 0.15) is 5.75 Å². The smallest absolute Gasteiger partial charge is 0.258 e.